The molecule has 0 saturated carbocycles. The van der Waals surface area contributed by atoms with Crippen molar-refractivity contribution in [2.45, 2.75) is 40.0 Å². The lowest BCUT2D eigenvalue weighted by Gasteiger charge is -2.33. The van der Waals surface area contributed by atoms with Crippen molar-refractivity contribution in [2.24, 2.45) is 11.8 Å². The third kappa shape index (κ3) is 5.39. The summed E-state index contributed by atoms with van der Waals surface area (Å²) >= 11 is 0. The molecular weight excluding hydrogens is 409 g/mol. The van der Waals surface area contributed by atoms with Crippen LogP contribution in [0.5, 0.6) is 0 Å². The fraction of sp³-hybridized carbons (Fsp3) is 0.440. The van der Waals surface area contributed by atoms with E-state index in [1.54, 1.807) is 30.3 Å². The zero-order valence-electron chi connectivity index (χ0n) is 18.9. The normalized spacial score (nSPS) is 15.3. The van der Waals surface area contributed by atoms with Crippen molar-refractivity contribution in [1.29, 1.82) is 0 Å². The molecule has 1 fully saturated rings. The Morgan fingerprint density at radius 1 is 1.19 bits per heavy atom. The molecule has 170 valence electrons. The van der Waals surface area contributed by atoms with E-state index in [4.69, 9.17) is 0 Å². The van der Waals surface area contributed by atoms with Gasteiger partial charge in [-0.1, -0.05) is 20.3 Å². The first-order chi connectivity index (χ1) is 15.3. The predicted molar refractivity (Wildman–Crippen MR) is 124 cm³/mol. The number of hydrogen-bond donors (Lipinski definition) is 2. The van der Waals surface area contributed by atoms with E-state index >= 15 is 0 Å². The number of nitroso groups, excluding NO2 is 1. The summed E-state index contributed by atoms with van der Waals surface area (Å²) in [5.74, 6) is -0.332. The maximum absolute atomic E-state index is 14.5. The number of carbonyl (C=O) groups excluding carboxylic acids is 2. The molecule has 3 rings (SSSR count). The summed E-state index contributed by atoms with van der Waals surface area (Å²) in [6.07, 6.45) is 2.21. The number of carbonyl (C=O) groups is 2. The lowest BCUT2D eigenvalue weighted by molar-refractivity contribution is -0.379. The minimum absolute atomic E-state index is 0.000742. The van der Waals surface area contributed by atoms with E-state index in [2.05, 4.69) is 19.2 Å². The molecule has 1 saturated heterocycles. The fourth-order valence-electron chi connectivity index (χ4n) is 3.98. The van der Waals surface area contributed by atoms with Gasteiger partial charge in [0.1, 0.15) is 5.82 Å². The van der Waals surface area contributed by atoms with E-state index in [1.807, 2.05) is 10.1 Å². The summed E-state index contributed by atoms with van der Waals surface area (Å²) < 4.78 is 14.5. The third-order valence-corrected chi connectivity index (χ3v) is 6.30. The molecule has 0 spiro atoms. The first-order valence-electron chi connectivity index (χ1n) is 11.2. The van der Waals surface area contributed by atoms with E-state index in [0.717, 1.165) is 18.7 Å². The largest absolute Gasteiger partial charge is 0.384 e. The molecule has 0 radical (unpaired) electrons. The average Bonchev–Trinajstić information content (AvgIpc) is 2.81. The predicted octanol–water partition coefficient (Wildman–Crippen LogP) is 4.06. The van der Waals surface area contributed by atoms with Gasteiger partial charge >= 0.3 is 0 Å². The molecule has 0 bridgehead atoms. The molecule has 2 aromatic carbocycles. The van der Waals surface area contributed by atoms with Gasteiger partial charge in [-0.3, -0.25) is 9.59 Å². The van der Waals surface area contributed by atoms with Gasteiger partial charge in [0.05, 0.1) is 5.69 Å². The summed E-state index contributed by atoms with van der Waals surface area (Å²) in [5, 5.41) is 5.23. The highest BCUT2D eigenvalue weighted by atomic mass is 19.1. The van der Waals surface area contributed by atoms with Crippen molar-refractivity contribution in [3.63, 3.8) is 0 Å². The van der Waals surface area contributed by atoms with Crippen LogP contribution in [0.1, 0.15) is 60.7 Å². The number of halogens is 1. The molecule has 1 aliphatic heterocycles. The standard InChI is InChI=1S/C25H30FN3O3/c1-4-16(2)15-27-23-7-6-20(28-32)14-21(23)25(31)18-9-11-29(12-10-18)24-8-5-19(17(3)30)13-22(24)26/h5-8,13-14,16,18,27H,4,9-12,15H2,1-3H3/p+1. The number of nitrogens with one attached hydrogen (secondary N) is 2. The number of hydrogen-bond acceptors (Lipinski definition) is 5. The zero-order valence-corrected chi connectivity index (χ0v) is 18.9. The Balaban J connectivity index is 1.72. The summed E-state index contributed by atoms with van der Waals surface area (Å²) in [6.45, 7) is 7.50. The van der Waals surface area contributed by atoms with Gasteiger partial charge in [0.25, 0.3) is 5.69 Å². The van der Waals surface area contributed by atoms with Crippen LogP contribution >= 0.6 is 0 Å². The van der Waals surface area contributed by atoms with Gasteiger partial charge in [0, 0.05) is 64.6 Å². The number of Topliss-reactive ketones (excluding diaryl/α,β-unsaturated/α-hetero) is 2. The van der Waals surface area contributed by atoms with Crippen LogP contribution in [0.25, 0.3) is 0 Å². The second kappa shape index (κ2) is 10.5. The first-order valence-corrected chi connectivity index (χ1v) is 11.2. The maximum Gasteiger partial charge on any atom is 0.254 e. The Morgan fingerprint density at radius 3 is 2.50 bits per heavy atom. The minimum atomic E-state index is -0.423. The van der Waals surface area contributed by atoms with Gasteiger partial charge in [0.2, 0.25) is 0 Å². The van der Waals surface area contributed by atoms with Crippen LogP contribution in [0.2, 0.25) is 0 Å². The average molecular weight is 441 g/mol. The smallest absolute Gasteiger partial charge is 0.254 e. The first kappa shape index (κ1) is 23.6. The van der Waals surface area contributed by atoms with E-state index in [9.17, 15) is 18.9 Å². The molecule has 1 heterocycles. The molecule has 0 aliphatic carbocycles. The van der Waals surface area contributed by atoms with E-state index < -0.39 is 5.82 Å². The Kier molecular flexibility index (Phi) is 7.72. The number of anilines is 2. The lowest BCUT2D eigenvalue weighted by Crippen LogP contribution is -2.55. The van der Waals surface area contributed by atoms with Crippen LogP contribution in [-0.2, 0) is 0 Å². The summed E-state index contributed by atoms with van der Waals surface area (Å²) in [4.78, 5) is 37.9. The van der Waals surface area contributed by atoms with Crippen molar-refractivity contribution in [3.8, 4) is 0 Å². The summed E-state index contributed by atoms with van der Waals surface area (Å²) in [5.41, 5.74) is 2.41. The highest BCUT2D eigenvalue weighted by Gasteiger charge is 2.29. The van der Waals surface area contributed by atoms with Gasteiger partial charge in [-0.25, -0.2) is 4.39 Å². The van der Waals surface area contributed by atoms with Gasteiger partial charge in [-0.05, 0) is 49.9 Å². The van der Waals surface area contributed by atoms with E-state index in [1.165, 1.54) is 13.0 Å². The molecular formula is C25H31FN3O3+. The van der Waals surface area contributed by atoms with E-state index in [0.29, 0.717) is 54.4 Å². The van der Waals surface area contributed by atoms with Gasteiger partial charge < -0.3 is 10.2 Å². The molecule has 2 aromatic rings. The van der Waals surface area contributed by atoms with Crippen molar-refractivity contribution in [2.75, 3.05) is 29.9 Å². The molecule has 32 heavy (non-hydrogen) atoms. The topological polar surface area (TPSA) is 80.5 Å². The van der Waals surface area contributed by atoms with Gasteiger partial charge in [-0.2, -0.15) is 0 Å². The molecule has 7 heteroatoms. The minimum Gasteiger partial charge on any atom is -0.384 e. The SMILES string of the molecule is CCC(C)CNc1ccc([NH+]=O)cc1C(=O)C1CCN(c2ccc(C(C)=O)cc2F)CC1. The molecule has 1 aliphatic rings. The van der Waals surface area contributed by atoms with Crippen molar-refractivity contribution in [3.05, 3.63) is 58.2 Å². The highest BCUT2D eigenvalue weighted by molar-refractivity contribution is 6.03. The lowest BCUT2D eigenvalue weighted by atomic mass is 9.87. The molecule has 1 unspecified atom stereocenters. The Labute approximate surface area is 188 Å². The number of nitrogens with zero attached hydrogens (tertiary/aromatic N) is 1. The fourth-order valence-corrected chi connectivity index (χ4v) is 3.98. The maximum atomic E-state index is 14.5. The van der Waals surface area contributed by atoms with Crippen LogP contribution in [0.3, 0.4) is 0 Å². The van der Waals surface area contributed by atoms with E-state index in [-0.39, 0.29) is 17.5 Å². The van der Waals surface area contributed by atoms with Crippen molar-refractivity contribution in [1.82, 2.24) is 0 Å². The van der Waals surface area contributed by atoms with Crippen LogP contribution < -0.4 is 15.4 Å². The Bertz CT molecular complexity index is 1000. The van der Waals surface area contributed by atoms with Gasteiger partial charge in [0.15, 0.2) is 11.6 Å². The summed E-state index contributed by atoms with van der Waals surface area (Å²) in [7, 11) is 0. The molecule has 0 amide bonds. The number of ketones is 2. The molecule has 1 atom stereocenters. The summed E-state index contributed by atoms with van der Waals surface area (Å²) in [6, 6.07) is 9.59. The van der Waals surface area contributed by atoms with Crippen molar-refractivity contribution >= 4 is 28.6 Å². The Morgan fingerprint density at radius 2 is 1.91 bits per heavy atom. The number of benzene rings is 2. The van der Waals surface area contributed by atoms with Crippen LogP contribution in [-0.4, -0.2) is 31.2 Å². The second-order valence-electron chi connectivity index (χ2n) is 8.60. The van der Waals surface area contributed by atoms with Crippen LogP contribution in [0, 0.1) is 22.6 Å². The molecule has 0 aromatic heterocycles. The van der Waals surface area contributed by atoms with Gasteiger partial charge in [-0.15, -0.1) is 0 Å². The number of piperidine rings is 1. The quantitative estimate of drug-likeness (QED) is 0.575. The molecule has 2 N–H and O–H groups in total. The zero-order chi connectivity index (χ0) is 23.3. The van der Waals surface area contributed by atoms with Crippen molar-refractivity contribution < 1.29 is 19.2 Å². The highest BCUT2D eigenvalue weighted by Crippen LogP contribution is 2.30. The second-order valence-corrected chi connectivity index (χ2v) is 8.60. The van der Waals surface area contributed by atoms with Crippen LogP contribution in [0.4, 0.5) is 21.5 Å². The monoisotopic (exact) mass is 440 g/mol. The number of rotatable bonds is 9. The third-order valence-electron chi connectivity index (χ3n) is 6.30. The van der Waals surface area contributed by atoms with Crippen LogP contribution in [0.15, 0.2) is 36.4 Å². The Hall–Kier alpha value is -3.09. The molecule has 6 nitrogen and oxygen atoms in total.